The van der Waals surface area contributed by atoms with Gasteiger partial charge in [-0.1, -0.05) is 0 Å². The van der Waals surface area contributed by atoms with Crippen molar-refractivity contribution < 1.29 is 18.0 Å². The third-order valence-corrected chi connectivity index (χ3v) is 5.31. The average Bonchev–Trinajstić information content (AvgIpc) is 3.33. The van der Waals surface area contributed by atoms with Crippen molar-refractivity contribution in [2.45, 2.75) is 37.9 Å². The van der Waals surface area contributed by atoms with Crippen LogP contribution in [-0.2, 0) is 0 Å². The fourth-order valence-electron chi connectivity index (χ4n) is 3.38. The first kappa shape index (κ1) is 18.6. The van der Waals surface area contributed by atoms with Crippen molar-refractivity contribution in [1.29, 1.82) is 0 Å². The first-order chi connectivity index (χ1) is 14.3. The van der Waals surface area contributed by atoms with E-state index in [1.54, 1.807) is 18.5 Å². The molecule has 0 aliphatic heterocycles. The Morgan fingerprint density at radius 1 is 1.33 bits per heavy atom. The number of nitrogens with zero attached hydrogens (tertiary/aromatic N) is 4. The second-order valence-corrected chi connectivity index (χ2v) is 7.51. The van der Waals surface area contributed by atoms with Gasteiger partial charge < -0.3 is 10.3 Å². The Labute approximate surface area is 168 Å². The standard InChI is InChI=1S/C20H17F3N6O/c1-10(20(21,22)23)27-19(30)15-9-26-29-5-4-12(6-16(15)29)13-7-25-18-14(13)8-24-17(28-18)11-2-3-11/h4-11H,2-3H2,1H3,(H,27,30)(H,24,25,28)/t10-/m1/s1. The van der Waals surface area contributed by atoms with Gasteiger partial charge in [-0.05, 0) is 37.5 Å². The molecule has 10 heteroatoms. The van der Waals surface area contributed by atoms with Crippen LogP contribution >= 0.6 is 0 Å². The molecule has 30 heavy (non-hydrogen) atoms. The molecular weight excluding hydrogens is 397 g/mol. The number of halogens is 3. The van der Waals surface area contributed by atoms with Crippen LogP contribution in [0.4, 0.5) is 13.2 Å². The van der Waals surface area contributed by atoms with Gasteiger partial charge in [0.05, 0.1) is 17.3 Å². The summed E-state index contributed by atoms with van der Waals surface area (Å²) in [5, 5.41) is 6.88. The van der Waals surface area contributed by atoms with Crippen LogP contribution in [0.5, 0.6) is 0 Å². The number of amides is 1. The molecule has 7 nitrogen and oxygen atoms in total. The normalized spacial score (nSPS) is 15.6. The number of fused-ring (bicyclic) bond motifs is 2. The first-order valence-corrected chi connectivity index (χ1v) is 9.50. The Morgan fingerprint density at radius 2 is 2.13 bits per heavy atom. The lowest BCUT2D eigenvalue weighted by atomic mass is 10.1. The molecule has 2 N–H and O–H groups in total. The highest BCUT2D eigenvalue weighted by molar-refractivity contribution is 6.02. The van der Waals surface area contributed by atoms with Gasteiger partial charge in [-0.2, -0.15) is 18.3 Å². The van der Waals surface area contributed by atoms with Crippen molar-refractivity contribution in [3.63, 3.8) is 0 Å². The predicted molar refractivity (Wildman–Crippen MR) is 103 cm³/mol. The summed E-state index contributed by atoms with van der Waals surface area (Å²) < 4.78 is 39.8. The number of alkyl halides is 3. The molecule has 0 unspecified atom stereocenters. The van der Waals surface area contributed by atoms with E-state index in [4.69, 9.17) is 0 Å². The van der Waals surface area contributed by atoms with E-state index >= 15 is 0 Å². The highest BCUT2D eigenvalue weighted by atomic mass is 19.4. The molecule has 1 saturated carbocycles. The van der Waals surface area contributed by atoms with E-state index in [1.165, 1.54) is 10.7 Å². The summed E-state index contributed by atoms with van der Waals surface area (Å²) in [5.41, 5.74) is 2.82. The topological polar surface area (TPSA) is 88.0 Å². The van der Waals surface area contributed by atoms with Crippen molar-refractivity contribution >= 4 is 22.5 Å². The second-order valence-electron chi connectivity index (χ2n) is 7.51. The number of hydrogen-bond donors (Lipinski definition) is 2. The molecule has 1 atom stereocenters. The quantitative estimate of drug-likeness (QED) is 0.531. The molecule has 1 aliphatic rings. The lowest BCUT2D eigenvalue weighted by Gasteiger charge is -2.16. The summed E-state index contributed by atoms with van der Waals surface area (Å²) >= 11 is 0. The Balaban J connectivity index is 1.51. The van der Waals surface area contributed by atoms with Gasteiger partial charge in [0, 0.05) is 35.5 Å². The molecule has 0 radical (unpaired) electrons. The summed E-state index contributed by atoms with van der Waals surface area (Å²) in [5.74, 6) is 0.438. The van der Waals surface area contributed by atoms with Crippen LogP contribution in [0.2, 0.25) is 0 Å². The van der Waals surface area contributed by atoms with Gasteiger partial charge in [0.2, 0.25) is 0 Å². The van der Waals surface area contributed by atoms with Gasteiger partial charge in [-0.25, -0.2) is 14.5 Å². The molecule has 0 bridgehead atoms. The van der Waals surface area contributed by atoms with Crippen LogP contribution in [0.1, 0.15) is 41.9 Å². The molecule has 0 aromatic carbocycles. The van der Waals surface area contributed by atoms with Crippen LogP contribution in [0.3, 0.4) is 0 Å². The molecule has 0 saturated heterocycles. The minimum Gasteiger partial charge on any atom is -0.345 e. The number of aromatic nitrogens is 5. The Kier molecular flexibility index (Phi) is 4.05. The number of nitrogens with one attached hydrogen (secondary N) is 2. The predicted octanol–water partition coefficient (Wildman–Crippen LogP) is 3.83. The van der Waals surface area contributed by atoms with Crippen molar-refractivity contribution in [2.24, 2.45) is 0 Å². The molecule has 1 aliphatic carbocycles. The van der Waals surface area contributed by atoms with Crippen LogP contribution in [0, 0.1) is 0 Å². The fourth-order valence-corrected chi connectivity index (χ4v) is 3.38. The van der Waals surface area contributed by atoms with E-state index in [0.29, 0.717) is 11.4 Å². The van der Waals surface area contributed by atoms with Gasteiger partial charge in [0.15, 0.2) is 0 Å². The first-order valence-electron chi connectivity index (χ1n) is 9.50. The maximum absolute atomic E-state index is 12.8. The maximum atomic E-state index is 12.8. The van der Waals surface area contributed by atoms with Crippen molar-refractivity contribution in [3.8, 4) is 11.1 Å². The van der Waals surface area contributed by atoms with E-state index < -0.39 is 18.1 Å². The smallest absolute Gasteiger partial charge is 0.345 e. The van der Waals surface area contributed by atoms with Gasteiger partial charge >= 0.3 is 6.18 Å². The molecule has 4 aromatic rings. The number of rotatable bonds is 4. The summed E-state index contributed by atoms with van der Waals surface area (Å²) in [6.45, 7) is 0.900. The molecule has 154 valence electrons. The van der Waals surface area contributed by atoms with Gasteiger partial charge in [-0.3, -0.25) is 4.79 Å². The minimum atomic E-state index is -4.52. The molecule has 5 rings (SSSR count). The number of carbonyl (C=O) groups excluding carboxylic acids is 1. The number of aromatic amines is 1. The van der Waals surface area contributed by atoms with E-state index in [0.717, 1.165) is 47.8 Å². The summed E-state index contributed by atoms with van der Waals surface area (Å²) in [6.07, 6.45) is 4.20. The van der Waals surface area contributed by atoms with Crippen LogP contribution < -0.4 is 5.32 Å². The van der Waals surface area contributed by atoms with Crippen LogP contribution in [0.15, 0.2) is 36.9 Å². The lowest BCUT2D eigenvalue weighted by molar-refractivity contribution is -0.149. The summed E-state index contributed by atoms with van der Waals surface area (Å²) in [6, 6.07) is 1.57. The van der Waals surface area contributed by atoms with Crippen LogP contribution in [0.25, 0.3) is 27.7 Å². The van der Waals surface area contributed by atoms with Crippen molar-refractivity contribution in [3.05, 3.63) is 48.3 Å². The minimum absolute atomic E-state index is 0.0695. The molecule has 0 spiro atoms. The fraction of sp³-hybridized carbons (Fsp3) is 0.300. The van der Waals surface area contributed by atoms with E-state index in [1.807, 2.05) is 17.6 Å². The number of H-pyrrole nitrogens is 1. The van der Waals surface area contributed by atoms with Gasteiger partial charge in [0.1, 0.15) is 17.5 Å². The van der Waals surface area contributed by atoms with E-state index in [2.05, 4.69) is 20.1 Å². The summed E-state index contributed by atoms with van der Waals surface area (Å²) in [7, 11) is 0. The Hall–Kier alpha value is -3.43. The largest absolute Gasteiger partial charge is 0.408 e. The SMILES string of the molecule is C[C@@H](NC(=O)c1cnn2ccc(-c3c[nH]c4nc(C5CC5)ncc34)cc12)C(F)(F)F. The number of pyridine rings is 1. The molecular formula is C20H17F3N6O. The zero-order valence-electron chi connectivity index (χ0n) is 15.9. The van der Waals surface area contributed by atoms with Crippen LogP contribution in [-0.4, -0.2) is 42.7 Å². The third kappa shape index (κ3) is 3.17. The Morgan fingerprint density at radius 3 is 2.87 bits per heavy atom. The number of hydrogen-bond acceptors (Lipinski definition) is 4. The lowest BCUT2D eigenvalue weighted by Crippen LogP contribution is -2.43. The van der Waals surface area contributed by atoms with E-state index in [-0.39, 0.29) is 5.56 Å². The highest BCUT2D eigenvalue weighted by Gasteiger charge is 2.37. The second kappa shape index (κ2) is 6.54. The van der Waals surface area contributed by atoms with Crippen molar-refractivity contribution in [1.82, 2.24) is 29.9 Å². The average molecular weight is 414 g/mol. The van der Waals surface area contributed by atoms with Crippen molar-refractivity contribution in [2.75, 3.05) is 0 Å². The Bertz CT molecular complexity index is 1270. The molecule has 4 heterocycles. The third-order valence-electron chi connectivity index (χ3n) is 5.31. The molecule has 4 aromatic heterocycles. The summed E-state index contributed by atoms with van der Waals surface area (Å²) in [4.78, 5) is 24.6. The molecule has 1 amide bonds. The van der Waals surface area contributed by atoms with E-state index in [9.17, 15) is 18.0 Å². The monoisotopic (exact) mass is 414 g/mol. The zero-order valence-corrected chi connectivity index (χ0v) is 15.9. The zero-order chi connectivity index (χ0) is 21.0. The highest BCUT2D eigenvalue weighted by Crippen LogP contribution is 2.39. The van der Waals surface area contributed by atoms with Gasteiger partial charge in [0.25, 0.3) is 5.91 Å². The number of carbonyl (C=O) groups is 1. The maximum Gasteiger partial charge on any atom is 0.408 e. The molecule has 1 fully saturated rings. The van der Waals surface area contributed by atoms with Gasteiger partial charge in [-0.15, -0.1) is 0 Å².